The molecule has 1 amide bonds. The van der Waals surface area contributed by atoms with E-state index in [1.165, 1.54) is 0 Å². The maximum Gasteiger partial charge on any atom is 0.255 e. The Labute approximate surface area is 152 Å². The molecule has 26 heavy (non-hydrogen) atoms. The van der Waals surface area contributed by atoms with Gasteiger partial charge in [0.25, 0.3) is 5.91 Å². The van der Waals surface area contributed by atoms with E-state index in [0.717, 1.165) is 11.1 Å². The van der Waals surface area contributed by atoms with Gasteiger partial charge in [0.1, 0.15) is 11.5 Å². The Balaban J connectivity index is 1.96. The van der Waals surface area contributed by atoms with Crippen LogP contribution in [0.1, 0.15) is 10.4 Å². The Hall–Kier alpha value is -3.47. The van der Waals surface area contributed by atoms with Crippen molar-refractivity contribution < 1.29 is 14.3 Å². The predicted octanol–water partition coefficient (Wildman–Crippen LogP) is 4.21. The van der Waals surface area contributed by atoms with Crippen LogP contribution in [0.2, 0.25) is 0 Å². The van der Waals surface area contributed by atoms with Crippen molar-refractivity contribution in [3.05, 3.63) is 72.3 Å². The summed E-state index contributed by atoms with van der Waals surface area (Å²) in [5, 5.41) is 2.87. The fourth-order valence-electron chi connectivity index (χ4n) is 2.71. The number of ether oxygens (including phenoxy) is 2. The average Bonchev–Trinajstić information content (AvgIpc) is 2.68. The number of rotatable bonds is 5. The van der Waals surface area contributed by atoms with Crippen molar-refractivity contribution in [2.45, 2.75) is 0 Å². The molecule has 0 spiro atoms. The van der Waals surface area contributed by atoms with Crippen LogP contribution in [0.5, 0.6) is 11.5 Å². The maximum absolute atomic E-state index is 12.4. The van der Waals surface area contributed by atoms with Crippen molar-refractivity contribution in [2.75, 3.05) is 25.3 Å². The molecule has 0 unspecified atom stereocenters. The van der Waals surface area contributed by atoms with Crippen molar-refractivity contribution in [2.24, 2.45) is 0 Å². The number of hydrogen-bond donors (Lipinski definition) is 2. The molecule has 0 aromatic heterocycles. The van der Waals surface area contributed by atoms with Gasteiger partial charge in [-0.1, -0.05) is 30.3 Å². The zero-order valence-corrected chi connectivity index (χ0v) is 14.7. The zero-order chi connectivity index (χ0) is 18.5. The summed E-state index contributed by atoms with van der Waals surface area (Å²) in [6.07, 6.45) is 0. The van der Waals surface area contributed by atoms with Crippen molar-refractivity contribution >= 4 is 17.3 Å². The van der Waals surface area contributed by atoms with E-state index in [1.807, 2.05) is 30.3 Å². The molecule has 0 aliphatic carbocycles. The third kappa shape index (κ3) is 3.62. The highest BCUT2D eigenvalue weighted by Gasteiger charge is 2.16. The van der Waals surface area contributed by atoms with Gasteiger partial charge in [-0.15, -0.1) is 0 Å². The van der Waals surface area contributed by atoms with Gasteiger partial charge >= 0.3 is 0 Å². The molecule has 3 aromatic rings. The summed E-state index contributed by atoms with van der Waals surface area (Å²) < 4.78 is 11.1. The van der Waals surface area contributed by atoms with Crippen LogP contribution in [-0.4, -0.2) is 20.1 Å². The van der Waals surface area contributed by atoms with Gasteiger partial charge in [0.05, 0.1) is 19.8 Å². The van der Waals surface area contributed by atoms with E-state index in [4.69, 9.17) is 15.2 Å². The van der Waals surface area contributed by atoms with Crippen molar-refractivity contribution in [3.8, 4) is 22.6 Å². The second-order valence-electron chi connectivity index (χ2n) is 5.70. The Bertz CT molecular complexity index is 881. The number of benzene rings is 3. The lowest BCUT2D eigenvalue weighted by molar-refractivity contribution is 0.102. The predicted molar refractivity (Wildman–Crippen MR) is 104 cm³/mol. The summed E-state index contributed by atoms with van der Waals surface area (Å²) in [5.74, 6) is 0.993. The van der Waals surface area contributed by atoms with Crippen LogP contribution in [0.3, 0.4) is 0 Å². The van der Waals surface area contributed by atoms with Crippen LogP contribution in [0.15, 0.2) is 66.7 Å². The summed E-state index contributed by atoms with van der Waals surface area (Å²) in [6, 6.07) is 20.1. The third-order valence-corrected chi connectivity index (χ3v) is 4.00. The lowest BCUT2D eigenvalue weighted by Crippen LogP contribution is -2.12. The molecule has 0 saturated heterocycles. The summed E-state index contributed by atoms with van der Waals surface area (Å²) in [6.45, 7) is 0. The standard InChI is InChI=1S/C21H20N2O3/c1-25-18-12-17(23-21(24)15-8-10-16(22)11-9-15)13-19(26-2)20(18)14-6-4-3-5-7-14/h3-13H,22H2,1-2H3,(H,23,24). The van der Waals surface area contributed by atoms with Crippen LogP contribution in [0.4, 0.5) is 11.4 Å². The molecule has 5 nitrogen and oxygen atoms in total. The van der Waals surface area contributed by atoms with E-state index in [9.17, 15) is 4.79 Å². The van der Waals surface area contributed by atoms with Crippen LogP contribution in [-0.2, 0) is 0 Å². The molecule has 0 aliphatic heterocycles. The van der Waals surface area contributed by atoms with Gasteiger partial charge < -0.3 is 20.5 Å². The Morgan fingerprint density at radius 3 is 2.00 bits per heavy atom. The smallest absolute Gasteiger partial charge is 0.255 e. The van der Waals surface area contributed by atoms with Crippen molar-refractivity contribution in [1.82, 2.24) is 0 Å². The minimum Gasteiger partial charge on any atom is -0.496 e. The first-order valence-electron chi connectivity index (χ1n) is 8.10. The van der Waals surface area contributed by atoms with Crippen molar-refractivity contribution in [3.63, 3.8) is 0 Å². The fourth-order valence-corrected chi connectivity index (χ4v) is 2.71. The highest BCUT2D eigenvalue weighted by molar-refractivity contribution is 6.05. The highest BCUT2D eigenvalue weighted by Crippen LogP contribution is 2.41. The number of amides is 1. The number of methoxy groups -OCH3 is 2. The molecule has 0 atom stereocenters. The van der Waals surface area contributed by atoms with Gasteiger partial charge in [-0.3, -0.25) is 4.79 Å². The van der Waals surface area contributed by atoms with E-state index in [0.29, 0.717) is 28.4 Å². The monoisotopic (exact) mass is 348 g/mol. The molecule has 3 aromatic carbocycles. The lowest BCUT2D eigenvalue weighted by atomic mass is 10.0. The van der Waals surface area contributed by atoms with E-state index in [1.54, 1.807) is 50.6 Å². The maximum atomic E-state index is 12.4. The molecule has 3 rings (SSSR count). The minimum atomic E-state index is -0.235. The molecule has 0 radical (unpaired) electrons. The number of nitrogen functional groups attached to an aromatic ring is 1. The molecule has 0 saturated carbocycles. The first kappa shape index (κ1) is 17.4. The first-order chi connectivity index (χ1) is 12.6. The lowest BCUT2D eigenvalue weighted by Gasteiger charge is -2.16. The number of hydrogen-bond acceptors (Lipinski definition) is 4. The quantitative estimate of drug-likeness (QED) is 0.678. The Morgan fingerprint density at radius 2 is 1.46 bits per heavy atom. The SMILES string of the molecule is COc1cc(NC(=O)c2ccc(N)cc2)cc(OC)c1-c1ccccc1. The van der Waals surface area contributed by atoms with Gasteiger partial charge in [0.15, 0.2) is 0 Å². The second-order valence-corrected chi connectivity index (χ2v) is 5.70. The molecule has 3 N–H and O–H groups in total. The van der Waals surface area contributed by atoms with Gasteiger partial charge in [-0.05, 0) is 29.8 Å². The second kappa shape index (κ2) is 7.61. The van der Waals surface area contributed by atoms with E-state index < -0.39 is 0 Å². The number of nitrogens with two attached hydrogens (primary N) is 1. The van der Waals surface area contributed by atoms with E-state index >= 15 is 0 Å². The van der Waals surface area contributed by atoms with Crippen LogP contribution in [0.25, 0.3) is 11.1 Å². The molecule has 0 fully saturated rings. The highest BCUT2D eigenvalue weighted by atomic mass is 16.5. The third-order valence-electron chi connectivity index (χ3n) is 4.00. The summed E-state index contributed by atoms with van der Waals surface area (Å²) in [4.78, 5) is 12.4. The molecule has 0 bridgehead atoms. The number of anilines is 2. The molecule has 5 heteroatoms. The minimum absolute atomic E-state index is 0.235. The van der Waals surface area contributed by atoms with Crippen LogP contribution < -0.4 is 20.5 Å². The van der Waals surface area contributed by atoms with Crippen molar-refractivity contribution in [1.29, 1.82) is 0 Å². The fraction of sp³-hybridized carbons (Fsp3) is 0.0952. The normalized spacial score (nSPS) is 10.2. The Morgan fingerprint density at radius 1 is 0.885 bits per heavy atom. The number of carbonyl (C=O) groups excluding carboxylic acids is 1. The summed E-state index contributed by atoms with van der Waals surface area (Å²) in [5.41, 5.74) is 9.18. The van der Waals surface area contributed by atoms with Crippen LogP contribution >= 0.6 is 0 Å². The number of nitrogens with one attached hydrogen (secondary N) is 1. The van der Waals surface area contributed by atoms with Gasteiger partial charge in [-0.25, -0.2) is 0 Å². The molecular formula is C21H20N2O3. The molecule has 132 valence electrons. The van der Waals surface area contributed by atoms with Gasteiger partial charge in [0.2, 0.25) is 0 Å². The summed E-state index contributed by atoms with van der Waals surface area (Å²) in [7, 11) is 3.18. The van der Waals surface area contributed by atoms with Gasteiger partial charge in [-0.2, -0.15) is 0 Å². The number of carbonyl (C=O) groups is 1. The molecular weight excluding hydrogens is 328 g/mol. The molecule has 0 aliphatic rings. The summed E-state index contributed by atoms with van der Waals surface area (Å²) >= 11 is 0. The van der Waals surface area contributed by atoms with E-state index in [2.05, 4.69) is 5.32 Å². The molecule has 0 heterocycles. The van der Waals surface area contributed by atoms with E-state index in [-0.39, 0.29) is 5.91 Å². The van der Waals surface area contributed by atoms with Gasteiger partial charge in [0, 0.05) is 29.1 Å². The van der Waals surface area contributed by atoms with Crippen LogP contribution in [0, 0.1) is 0 Å². The Kier molecular flexibility index (Phi) is 5.08. The zero-order valence-electron chi connectivity index (χ0n) is 14.7. The largest absolute Gasteiger partial charge is 0.496 e. The first-order valence-corrected chi connectivity index (χ1v) is 8.10. The average molecular weight is 348 g/mol. The topological polar surface area (TPSA) is 73.6 Å².